The highest BCUT2D eigenvalue weighted by atomic mass is 32.1. The summed E-state index contributed by atoms with van der Waals surface area (Å²) in [6.45, 7) is 6.36. The topological polar surface area (TPSA) is 64.3 Å². The summed E-state index contributed by atoms with van der Waals surface area (Å²) >= 11 is 1.37. The molecule has 0 atom stereocenters. The smallest absolute Gasteiger partial charge is 0.255 e. The molecule has 1 aromatic carbocycles. The first-order valence-electron chi connectivity index (χ1n) is 6.94. The lowest BCUT2D eigenvalue weighted by atomic mass is 10.0. The Labute approximate surface area is 128 Å². The van der Waals surface area contributed by atoms with Crippen LogP contribution in [-0.4, -0.2) is 18.6 Å². The Kier molecular flexibility index (Phi) is 4.85. The minimum absolute atomic E-state index is 0.0618. The number of benzene rings is 1. The van der Waals surface area contributed by atoms with Gasteiger partial charge in [0.2, 0.25) is 0 Å². The van der Waals surface area contributed by atoms with E-state index in [2.05, 4.69) is 5.32 Å². The van der Waals surface area contributed by atoms with Crippen molar-refractivity contribution < 1.29 is 9.53 Å². The van der Waals surface area contributed by atoms with Crippen LogP contribution in [0.2, 0.25) is 0 Å². The second-order valence-corrected chi connectivity index (χ2v) is 5.86. The van der Waals surface area contributed by atoms with E-state index in [9.17, 15) is 4.79 Å². The van der Waals surface area contributed by atoms with Gasteiger partial charge in [-0.05, 0) is 26.8 Å². The fraction of sp³-hybridized carbons (Fsp3) is 0.312. The van der Waals surface area contributed by atoms with Gasteiger partial charge >= 0.3 is 0 Å². The van der Waals surface area contributed by atoms with Crippen LogP contribution >= 0.6 is 11.3 Å². The summed E-state index contributed by atoms with van der Waals surface area (Å²) in [7, 11) is 0. The lowest BCUT2D eigenvalue weighted by Crippen LogP contribution is -2.30. The molecule has 0 radical (unpaired) electrons. The molecule has 5 heteroatoms. The number of nitrogen functional groups attached to an aromatic ring is 1. The predicted octanol–water partition coefficient (Wildman–Crippen LogP) is 3.53. The highest BCUT2D eigenvalue weighted by molar-refractivity contribution is 7.15. The first kappa shape index (κ1) is 15.4. The van der Waals surface area contributed by atoms with Crippen LogP contribution in [0.15, 0.2) is 29.6 Å². The van der Waals surface area contributed by atoms with Gasteiger partial charge in [0, 0.05) is 22.5 Å². The van der Waals surface area contributed by atoms with E-state index >= 15 is 0 Å². The SMILES string of the molecule is CCOc1ccccc1-c1csc(N)c1C(=O)NC(C)C. The molecule has 0 saturated heterocycles. The monoisotopic (exact) mass is 304 g/mol. The molecule has 0 saturated carbocycles. The van der Waals surface area contributed by atoms with Gasteiger partial charge in [0.15, 0.2) is 0 Å². The van der Waals surface area contributed by atoms with Crippen LogP contribution in [0.4, 0.5) is 5.00 Å². The van der Waals surface area contributed by atoms with Crippen molar-refractivity contribution in [3.05, 3.63) is 35.2 Å². The van der Waals surface area contributed by atoms with E-state index in [4.69, 9.17) is 10.5 Å². The molecule has 0 fully saturated rings. The number of para-hydroxylation sites is 1. The highest BCUT2D eigenvalue weighted by Gasteiger charge is 2.21. The summed E-state index contributed by atoms with van der Waals surface area (Å²) < 4.78 is 5.65. The van der Waals surface area contributed by atoms with Gasteiger partial charge in [0.1, 0.15) is 5.75 Å². The first-order chi connectivity index (χ1) is 10.0. The van der Waals surface area contributed by atoms with Crippen LogP contribution < -0.4 is 15.8 Å². The van der Waals surface area contributed by atoms with Crippen molar-refractivity contribution >= 4 is 22.2 Å². The van der Waals surface area contributed by atoms with Crippen LogP contribution in [0.25, 0.3) is 11.1 Å². The van der Waals surface area contributed by atoms with Crippen molar-refractivity contribution in [3.8, 4) is 16.9 Å². The summed E-state index contributed by atoms with van der Waals surface area (Å²) in [5, 5.41) is 5.32. The Morgan fingerprint density at radius 3 is 2.71 bits per heavy atom. The average Bonchev–Trinajstić information content (AvgIpc) is 2.81. The van der Waals surface area contributed by atoms with Crippen LogP contribution in [0.5, 0.6) is 5.75 Å². The average molecular weight is 304 g/mol. The number of nitrogens with one attached hydrogen (secondary N) is 1. The quantitative estimate of drug-likeness (QED) is 0.888. The Hall–Kier alpha value is -2.01. The summed E-state index contributed by atoms with van der Waals surface area (Å²) in [4.78, 5) is 12.4. The Balaban J connectivity index is 2.48. The number of amides is 1. The minimum atomic E-state index is -0.148. The lowest BCUT2D eigenvalue weighted by Gasteiger charge is -2.13. The summed E-state index contributed by atoms with van der Waals surface area (Å²) in [6, 6.07) is 7.75. The molecule has 0 unspecified atom stereocenters. The van der Waals surface area contributed by atoms with E-state index in [1.54, 1.807) is 0 Å². The zero-order chi connectivity index (χ0) is 15.4. The fourth-order valence-electron chi connectivity index (χ4n) is 2.11. The van der Waals surface area contributed by atoms with Crippen molar-refractivity contribution in [1.29, 1.82) is 0 Å². The largest absolute Gasteiger partial charge is 0.493 e. The van der Waals surface area contributed by atoms with E-state index in [0.29, 0.717) is 17.2 Å². The highest BCUT2D eigenvalue weighted by Crippen LogP contribution is 2.38. The lowest BCUT2D eigenvalue weighted by molar-refractivity contribution is 0.0945. The molecule has 21 heavy (non-hydrogen) atoms. The van der Waals surface area contributed by atoms with Gasteiger partial charge in [-0.25, -0.2) is 0 Å². The van der Waals surface area contributed by atoms with Gasteiger partial charge in [0.25, 0.3) is 5.91 Å². The first-order valence-corrected chi connectivity index (χ1v) is 7.82. The molecule has 0 spiro atoms. The number of hydrogen-bond acceptors (Lipinski definition) is 4. The molecule has 0 aliphatic rings. The molecule has 0 bridgehead atoms. The predicted molar refractivity (Wildman–Crippen MR) is 87.9 cm³/mol. The standard InChI is InChI=1S/C16H20N2O2S/c1-4-20-13-8-6-5-7-11(13)12-9-21-15(17)14(12)16(19)18-10(2)3/h5-10H,4,17H2,1-3H3,(H,18,19). The summed E-state index contributed by atoms with van der Waals surface area (Å²) in [5.41, 5.74) is 8.23. The zero-order valence-electron chi connectivity index (χ0n) is 12.5. The molecule has 0 aliphatic carbocycles. The van der Waals surface area contributed by atoms with Crippen LogP contribution in [0, 0.1) is 0 Å². The van der Waals surface area contributed by atoms with Crippen LogP contribution in [-0.2, 0) is 0 Å². The Bertz CT molecular complexity index is 635. The fourth-order valence-corrected chi connectivity index (χ4v) is 2.92. The Morgan fingerprint density at radius 1 is 1.33 bits per heavy atom. The third kappa shape index (κ3) is 3.36. The van der Waals surface area contributed by atoms with E-state index in [1.165, 1.54) is 11.3 Å². The van der Waals surface area contributed by atoms with Crippen molar-refractivity contribution in [2.45, 2.75) is 26.8 Å². The molecule has 2 aromatic rings. The van der Waals surface area contributed by atoms with E-state index in [1.807, 2.05) is 50.4 Å². The number of carbonyl (C=O) groups is 1. The Morgan fingerprint density at radius 2 is 2.05 bits per heavy atom. The molecule has 2 rings (SSSR count). The third-order valence-corrected chi connectivity index (χ3v) is 3.75. The van der Waals surface area contributed by atoms with Crippen LogP contribution in [0.3, 0.4) is 0 Å². The number of rotatable bonds is 5. The van der Waals surface area contributed by atoms with E-state index < -0.39 is 0 Å². The van der Waals surface area contributed by atoms with Crippen molar-refractivity contribution in [2.24, 2.45) is 0 Å². The second kappa shape index (κ2) is 6.63. The molecule has 1 aromatic heterocycles. The molecule has 4 nitrogen and oxygen atoms in total. The maximum absolute atomic E-state index is 12.4. The summed E-state index contributed by atoms with van der Waals surface area (Å²) in [6.07, 6.45) is 0. The number of nitrogens with two attached hydrogens (primary N) is 1. The number of hydrogen-bond donors (Lipinski definition) is 2. The van der Waals surface area contributed by atoms with Crippen molar-refractivity contribution in [3.63, 3.8) is 0 Å². The van der Waals surface area contributed by atoms with Gasteiger partial charge in [-0.2, -0.15) is 0 Å². The molecule has 1 amide bonds. The molecular formula is C16H20N2O2S. The van der Waals surface area contributed by atoms with E-state index in [-0.39, 0.29) is 11.9 Å². The van der Waals surface area contributed by atoms with E-state index in [0.717, 1.165) is 16.9 Å². The maximum atomic E-state index is 12.4. The van der Waals surface area contributed by atoms with Crippen molar-refractivity contribution in [1.82, 2.24) is 5.32 Å². The molecule has 112 valence electrons. The molecule has 1 heterocycles. The van der Waals surface area contributed by atoms with Gasteiger partial charge in [-0.15, -0.1) is 11.3 Å². The van der Waals surface area contributed by atoms with Gasteiger partial charge in [-0.1, -0.05) is 18.2 Å². The normalized spacial score (nSPS) is 10.7. The number of thiophene rings is 1. The van der Waals surface area contributed by atoms with Gasteiger partial charge in [0.05, 0.1) is 17.2 Å². The number of ether oxygens (including phenoxy) is 1. The minimum Gasteiger partial charge on any atom is -0.493 e. The number of carbonyl (C=O) groups excluding carboxylic acids is 1. The van der Waals surface area contributed by atoms with Crippen molar-refractivity contribution in [2.75, 3.05) is 12.3 Å². The maximum Gasteiger partial charge on any atom is 0.255 e. The molecule has 0 aliphatic heterocycles. The summed E-state index contributed by atoms with van der Waals surface area (Å²) in [5.74, 6) is 0.612. The zero-order valence-corrected chi connectivity index (χ0v) is 13.3. The third-order valence-electron chi connectivity index (χ3n) is 2.94. The van der Waals surface area contributed by atoms with Gasteiger partial charge < -0.3 is 15.8 Å². The number of anilines is 1. The van der Waals surface area contributed by atoms with Crippen LogP contribution in [0.1, 0.15) is 31.1 Å². The van der Waals surface area contributed by atoms with Gasteiger partial charge in [-0.3, -0.25) is 4.79 Å². The second-order valence-electron chi connectivity index (χ2n) is 4.95. The molecule has 3 N–H and O–H groups in total. The molecular weight excluding hydrogens is 284 g/mol.